The molecular weight excluding hydrogens is 436 g/mol. The summed E-state index contributed by atoms with van der Waals surface area (Å²) in [5, 5.41) is 4.34. The van der Waals surface area contributed by atoms with Crippen LogP contribution in [0.25, 0.3) is 5.69 Å². The lowest BCUT2D eigenvalue weighted by Crippen LogP contribution is -2.30. The van der Waals surface area contributed by atoms with Crippen LogP contribution in [0.4, 0.5) is 5.69 Å². The zero-order valence-electron chi connectivity index (χ0n) is 20.3. The van der Waals surface area contributed by atoms with Crippen LogP contribution in [0.1, 0.15) is 51.4 Å². The molecule has 0 bridgehead atoms. The van der Waals surface area contributed by atoms with Crippen molar-refractivity contribution >= 4 is 23.0 Å². The Kier molecular flexibility index (Phi) is 5.74. The fraction of sp³-hybridized carbons (Fsp3) is 0.241. The Hall–Kier alpha value is -3.44. The normalized spacial score (nSPS) is 17.8. The lowest BCUT2D eigenvalue weighted by molar-refractivity contribution is 0.563. The Morgan fingerprint density at radius 3 is 2.21 bits per heavy atom. The number of hydrogen-bond donors (Lipinski definition) is 1. The van der Waals surface area contributed by atoms with Crippen LogP contribution in [0.5, 0.6) is 0 Å². The molecule has 0 radical (unpaired) electrons. The van der Waals surface area contributed by atoms with Gasteiger partial charge in [0.1, 0.15) is 0 Å². The fourth-order valence-electron chi connectivity index (χ4n) is 5.21. The van der Waals surface area contributed by atoms with E-state index in [-0.39, 0.29) is 12.1 Å². The molecule has 5 rings (SSSR count). The Balaban J connectivity index is 1.74. The van der Waals surface area contributed by atoms with E-state index in [0.29, 0.717) is 0 Å². The van der Waals surface area contributed by atoms with Crippen LogP contribution >= 0.6 is 12.2 Å². The summed E-state index contributed by atoms with van der Waals surface area (Å²) in [5.41, 5.74) is 10.9. The maximum Gasteiger partial charge on any atom is 0.174 e. The van der Waals surface area contributed by atoms with E-state index in [9.17, 15) is 0 Å². The highest BCUT2D eigenvalue weighted by Gasteiger charge is 2.43. The molecular formula is C29H30N4S. The van der Waals surface area contributed by atoms with Gasteiger partial charge in [-0.1, -0.05) is 30.3 Å². The van der Waals surface area contributed by atoms with Crippen LogP contribution in [0.15, 0.2) is 72.9 Å². The van der Waals surface area contributed by atoms with Gasteiger partial charge in [-0.25, -0.2) is 0 Å². The molecule has 0 spiro atoms. The Morgan fingerprint density at radius 2 is 1.53 bits per heavy atom. The highest BCUT2D eigenvalue weighted by molar-refractivity contribution is 7.80. The van der Waals surface area contributed by atoms with Gasteiger partial charge in [-0.3, -0.25) is 4.98 Å². The van der Waals surface area contributed by atoms with Crippen molar-refractivity contribution in [1.82, 2.24) is 14.9 Å². The maximum atomic E-state index is 5.95. The summed E-state index contributed by atoms with van der Waals surface area (Å²) in [6.07, 6.45) is 1.86. The molecule has 5 heteroatoms. The molecule has 1 aliphatic rings. The Bertz CT molecular complexity index is 1360. The van der Waals surface area contributed by atoms with Crippen molar-refractivity contribution in [3.8, 4) is 5.69 Å². The average molecular weight is 467 g/mol. The third-order valence-corrected chi connectivity index (χ3v) is 7.50. The predicted molar refractivity (Wildman–Crippen MR) is 144 cm³/mol. The third-order valence-electron chi connectivity index (χ3n) is 7.18. The maximum absolute atomic E-state index is 5.95. The SMILES string of the molecule is Cc1ccc(N2C(=S)N[C@@H](c3ccccn3)[C@H]2c2c(C)c(C)n(-c3ccccc3)c2C)cc1C. The second-order valence-corrected chi connectivity index (χ2v) is 9.53. The van der Waals surface area contributed by atoms with Gasteiger partial charge in [-0.2, -0.15) is 0 Å². The number of pyridine rings is 1. The van der Waals surface area contributed by atoms with Gasteiger partial charge >= 0.3 is 0 Å². The van der Waals surface area contributed by atoms with E-state index in [1.807, 2.05) is 18.3 Å². The number of nitrogens with zero attached hydrogens (tertiary/aromatic N) is 3. The second-order valence-electron chi connectivity index (χ2n) is 9.15. The number of rotatable bonds is 4. The van der Waals surface area contributed by atoms with Crippen LogP contribution in [-0.2, 0) is 0 Å². The first-order chi connectivity index (χ1) is 16.4. The molecule has 4 nitrogen and oxygen atoms in total. The van der Waals surface area contributed by atoms with Gasteiger partial charge in [0.15, 0.2) is 5.11 Å². The smallest absolute Gasteiger partial charge is 0.174 e. The first-order valence-electron chi connectivity index (χ1n) is 11.7. The van der Waals surface area contributed by atoms with Crippen molar-refractivity contribution in [2.45, 2.75) is 46.7 Å². The summed E-state index contributed by atoms with van der Waals surface area (Å²) < 4.78 is 2.36. The number of thiocarbonyl (C=S) groups is 1. The zero-order chi connectivity index (χ0) is 24.0. The van der Waals surface area contributed by atoms with Gasteiger partial charge in [0.25, 0.3) is 0 Å². The monoisotopic (exact) mass is 466 g/mol. The minimum atomic E-state index is -0.0567. The molecule has 3 heterocycles. The number of aryl methyl sites for hydroxylation is 2. The molecule has 0 unspecified atom stereocenters. The molecule has 0 aliphatic carbocycles. The van der Waals surface area contributed by atoms with Gasteiger partial charge in [-0.15, -0.1) is 0 Å². The number of hydrogen-bond acceptors (Lipinski definition) is 2. The number of nitrogens with one attached hydrogen (secondary N) is 1. The first-order valence-corrected chi connectivity index (χ1v) is 12.1. The van der Waals surface area contributed by atoms with Gasteiger partial charge in [0.2, 0.25) is 0 Å². The molecule has 2 aromatic heterocycles. The number of para-hydroxylation sites is 1. The molecule has 172 valence electrons. The van der Waals surface area contributed by atoms with Crippen LogP contribution in [0, 0.1) is 34.6 Å². The van der Waals surface area contributed by atoms with E-state index in [2.05, 4.69) is 104 Å². The van der Waals surface area contributed by atoms with Crippen molar-refractivity contribution in [1.29, 1.82) is 0 Å². The molecule has 1 N–H and O–H groups in total. The van der Waals surface area contributed by atoms with E-state index in [1.165, 1.54) is 39.3 Å². The minimum Gasteiger partial charge on any atom is -0.351 e. The van der Waals surface area contributed by atoms with Crippen molar-refractivity contribution in [3.05, 3.63) is 112 Å². The lowest BCUT2D eigenvalue weighted by atomic mass is 9.93. The Labute approximate surface area is 207 Å². The molecule has 2 atom stereocenters. The predicted octanol–water partition coefficient (Wildman–Crippen LogP) is 6.59. The molecule has 1 saturated heterocycles. The van der Waals surface area contributed by atoms with E-state index in [1.54, 1.807) is 0 Å². The summed E-state index contributed by atoms with van der Waals surface area (Å²) in [5.74, 6) is 0. The molecule has 0 amide bonds. The molecule has 4 aromatic rings. The second kappa shape index (κ2) is 8.73. The van der Waals surface area contributed by atoms with Crippen LogP contribution in [0.3, 0.4) is 0 Å². The van der Waals surface area contributed by atoms with Crippen molar-refractivity contribution < 1.29 is 0 Å². The summed E-state index contributed by atoms with van der Waals surface area (Å²) >= 11 is 5.95. The highest BCUT2D eigenvalue weighted by atomic mass is 32.1. The number of aromatic nitrogens is 2. The summed E-state index contributed by atoms with van der Waals surface area (Å²) in [6, 6.07) is 23.2. The van der Waals surface area contributed by atoms with E-state index >= 15 is 0 Å². The topological polar surface area (TPSA) is 33.1 Å². The summed E-state index contributed by atoms with van der Waals surface area (Å²) in [7, 11) is 0. The largest absolute Gasteiger partial charge is 0.351 e. The number of benzene rings is 2. The van der Waals surface area contributed by atoms with Gasteiger partial charge in [0, 0.05) is 34.5 Å². The summed E-state index contributed by atoms with van der Waals surface area (Å²) in [6.45, 7) is 11.0. The van der Waals surface area contributed by atoms with Gasteiger partial charge in [-0.05, 0) is 99.9 Å². The van der Waals surface area contributed by atoms with E-state index < -0.39 is 0 Å². The van der Waals surface area contributed by atoms with Crippen molar-refractivity contribution in [3.63, 3.8) is 0 Å². The quantitative estimate of drug-likeness (QED) is 0.344. The van der Waals surface area contributed by atoms with E-state index in [4.69, 9.17) is 17.2 Å². The molecule has 2 aromatic carbocycles. The molecule has 1 aliphatic heterocycles. The van der Waals surface area contributed by atoms with Gasteiger partial charge < -0.3 is 14.8 Å². The molecule has 0 saturated carbocycles. The first kappa shape index (κ1) is 22.4. The molecule has 34 heavy (non-hydrogen) atoms. The summed E-state index contributed by atoms with van der Waals surface area (Å²) in [4.78, 5) is 7.00. The van der Waals surface area contributed by atoms with Crippen LogP contribution in [-0.4, -0.2) is 14.7 Å². The van der Waals surface area contributed by atoms with Crippen LogP contribution in [0.2, 0.25) is 0 Å². The van der Waals surface area contributed by atoms with E-state index in [0.717, 1.165) is 16.5 Å². The lowest BCUT2D eigenvalue weighted by Gasteiger charge is -2.29. The van der Waals surface area contributed by atoms with Crippen LogP contribution < -0.4 is 10.2 Å². The van der Waals surface area contributed by atoms with Gasteiger partial charge in [0.05, 0.1) is 17.8 Å². The van der Waals surface area contributed by atoms with Crippen molar-refractivity contribution in [2.24, 2.45) is 0 Å². The highest BCUT2D eigenvalue weighted by Crippen LogP contribution is 2.45. The van der Waals surface area contributed by atoms with Crippen molar-refractivity contribution in [2.75, 3.05) is 4.90 Å². The number of anilines is 1. The Morgan fingerprint density at radius 1 is 0.794 bits per heavy atom. The molecule has 1 fully saturated rings. The fourth-order valence-corrected chi connectivity index (χ4v) is 5.55. The average Bonchev–Trinajstić information content (AvgIpc) is 3.29. The zero-order valence-corrected chi connectivity index (χ0v) is 21.1. The minimum absolute atomic E-state index is 0.0202. The third kappa shape index (κ3) is 3.61. The standard InChI is InChI=1S/C29H30N4S/c1-18-14-15-24(17-19(18)2)33-28(27(31-29(33)34)25-13-9-10-16-30-25)26-20(3)21(4)32(22(26)5)23-11-7-6-8-12-23/h6-17,27-28H,1-5H3,(H,31,34)/t27-,28+/m0/s1.